The molecule has 0 fully saturated rings. The van der Waals surface area contributed by atoms with Crippen LogP contribution >= 0.6 is 0 Å². The van der Waals surface area contributed by atoms with E-state index in [1.54, 1.807) is 26.2 Å². The van der Waals surface area contributed by atoms with Gasteiger partial charge in [0.15, 0.2) is 11.6 Å². The van der Waals surface area contributed by atoms with Crippen molar-refractivity contribution < 1.29 is 24.2 Å². The van der Waals surface area contributed by atoms with Gasteiger partial charge in [-0.2, -0.15) is 0 Å². The smallest absolute Gasteiger partial charge is 0.194 e. The molecule has 1 aromatic rings. The summed E-state index contributed by atoms with van der Waals surface area (Å²) in [5.41, 5.74) is -0.309. The predicted octanol–water partition coefficient (Wildman–Crippen LogP) is 2.51. The van der Waals surface area contributed by atoms with Gasteiger partial charge in [0.25, 0.3) is 0 Å². The van der Waals surface area contributed by atoms with E-state index in [0.29, 0.717) is 0 Å². The molecule has 2 rings (SSSR count). The van der Waals surface area contributed by atoms with E-state index in [2.05, 4.69) is 0 Å². The number of carbonyl (C=O) groups is 2. The van der Waals surface area contributed by atoms with E-state index in [0.717, 1.165) is 17.4 Å². The molecule has 0 bridgehead atoms. The minimum absolute atomic E-state index is 0.0943. The number of carbonyl (C=O) groups excluding carboxylic acids is 2. The van der Waals surface area contributed by atoms with Crippen molar-refractivity contribution in [1.29, 1.82) is 0 Å². The third-order valence-electron chi connectivity index (χ3n) is 3.53. The zero-order valence-electron chi connectivity index (χ0n) is 12.8. The van der Waals surface area contributed by atoms with Gasteiger partial charge < -0.3 is 14.6 Å². The maximum absolute atomic E-state index is 12.1. The summed E-state index contributed by atoms with van der Waals surface area (Å²) in [5, 5.41) is 9.67. The molecule has 0 aliphatic heterocycles. The molecule has 0 amide bonds. The van der Waals surface area contributed by atoms with E-state index in [-0.39, 0.29) is 23.7 Å². The van der Waals surface area contributed by atoms with Crippen molar-refractivity contribution in [2.24, 2.45) is 0 Å². The van der Waals surface area contributed by atoms with Crippen LogP contribution in [0, 0.1) is 0 Å². The molecular formula is C17H18O5. The standard InChI is InChI=1S/C17H18O5/c1-11(18)14-9-17(2,16(20)8-15(14)19)22-10-12-4-6-13(21-3)7-5-12/h4-9,19H,10H2,1-3H3/t17-/m0/s1. The van der Waals surface area contributed by atoms with Crippen LogP contribution in [0.15, 0.2) is 47.7 Å². The Kier molecular flexibility index (Phi) is 4.47. The maximum Gasteiger partial charge on any atom is 0.194 e. The number of Topliss-reactive ketones (excluding diaryl/α,β-unsaturated/α-hetero) is 1. The highest BCUT2D eigenvalue weighted by Crippen LogP contribution is 2.27. The zero-order chi connectivity index (χ0) is 16.3. The maximum atomic E-state index is 12.1. The number of ketones is 2. The monoisotopic (exact) mass is 302 g/mol. The van der Waals surface area contributed by atoms with Crippen LogP contribution in [0.2, 0.25) is 0 Å². The van der Waals surface area contributed by atoms with Crippen LogP contribution in [0.3, 0.4) is 0 Å². The summed E-state index contributed by atoms with van der Waals surface area (Å²) in [4.78, 5) is 23.6. The number of aliphatic hydroxyl groups is 1. The molecule has 0 aromatic heterocycles. The Morgan fingerprint density at radius 3 is 2.45 bits per heavy atom. The van der Waals surface area contributed by atoms with Crippen LogP contribution in [0.4, 0.5) is 0 Å². The minimum Gasteiger partial charge on any atom is -0.507 e. The lowest BCUT2D eigenvalue weighted by Gasteiger charge is -2.27. The van der Waals surface area contributed by atoms with Crippen LogP contribution < -0.4 is 4.74 Å². The van der Waals surface area contributed by atoms with E-state index in [1.165, 1.54) is 13.0 Å². The average Bonchev–Trinajstić information content (AvgIpc) is 2.49. The number of hydrogen-bond acceptors (Lipinski definition) is 5. The van der Waals surface area contributed by atoms with Gasteiger partial charge in [-0.3, -0.25) is 9.59 Å². The topological polar surface area (TPSA) is 72.8 Å². The van der Waals surface area contributed by atoms with Gasteiger partial charge in [-0.15, -0.1) is 0 Å². The fourth-order valence-corrected chi connectivity index (χ4v) is 2.12. The van der Waals surface area contributed by atoms with Gasteiger partial charge >= 0.3 is 0 Å². The summed E-state index contributed by atoms with van der Waals surface area (Å²) >= 11 is 0. The third-order valence-corrected chi connectivity index (χ3v) is 3.53. The van der Waals surface area contributed by atoms with Crippen LogP contribution in [-0.4, -0.2) is 29.4 Å². The van der Waals surface area contributed by atoms with E-state index >= 15 is 0 Å². The van der Waals surface area contributed by atoms with Gasteiger partial charge in [0.1, 0.15) is 17.1 Å². The van der Waals surface area contributed by atoms with Crippen LogP contribution in [0.25, 0.3) is 0 Å². The fourth-order valence-electron chi connectivity index (χ4n) is 2.12. The van der Waals surface area contributed by atoms with E-state index in [4.69, 9.17) is 9.47 Å². The Hall–Kier alpha value is -2.40. The van der Waals surface area contributed by atoms with Crippen molar-refractivity contribution in [3.8, 4) is 5.75 Å². The van der Waals surface area contributed by atoms with Crippen LogP contribution in [-0.2, 0) is 20.9 Å². The lowest BCUT2D eigenvalue weighted by molar-refractivity contribution is -0.133. The molecule has 0 saturated heterocycles. The van der Waals surface area contributed by atoms with Gasteiger partial charge in [-0.05, 0) is 37.6 Å². The second-order valence-corrected chi connectivity index (χ2v) is 5.25. The molecule has 116 valence electrons. The lowest BCUT2D eigenvalue weighted by atomic mass is 9.89. The fraction of sp³-hybridized carbons (Fsp3) is 0.294. The highest BCUT2D eigenvalue weighted by atomic mass is 16.5. The Morgan fingerprint density at radius 2 is 1.91 bits per heavy atom. The predicted molar refractivity (Wildman–Crippen MR) is 80.7 cm³/mol. The Balaban J connectivity index is 2.16. The van der Waals surface area contributed by atoms with Gasteiger partial charge in [0.05, 0.1) is 19.3 Å². The number of benzene rings is 1. The highest BCUT2D eigenvalue weighted by Gasteiger charge is 2.36. The Morgan fingerprint density at radius 1 is 1.27 bits per heavy atom. The zero-order valence-corrected chi connectivity index (χ0v) is 12.8. The number of hydrogen-bond donors (Lipinski definition) is 1. The summed E-state index contributed by atoms with van der Waals surface area (Å²) in [5.74, 6) is -0.303. The van der Waals surface area contributed by atoms with Gasteiger partial charge in [-0.25, -0.2) is 0 Å². The largest absolute Gasteiger partial charge is 0.507 e. The first kappa shape index (κ1) is 16.0. The van der Waals surface area contributed by atoms with Crippen molar-refractivity contribution in [3.05, 3.63) is 53.3 Å². The molecule has 1 aliphatic carbocycles. The molecule has 22 heavy (non-hydrogen) atoms. The third kappa shape index (κ3) is 3.26. The summed E-state index contributed by atoms with van der Waals surface area (Å²) < 4.78 is 10.8. The Labute approximate surface area is 128 Å². The lowest BCUT2D eigenvalue weighted by Crippen LogP contribution is -2.38. The van der Waals surface area contributed by atoms with E-state index < -0.39 is 11.4 Å². The first-order valence-corrected chi connectivity index (χ1v) is 6.82. The summed E-state index contributed by atoms with van der Waals surface area (Å²) in [6.07, 6.45) is 2.40. The quantitative estimate of drug-likeness (QED) is 0.904. The number of methoxy groups -OCH3 is 1. The molecule has 0 spiro atoms. The van der Waals surface area contributed by atoms with Crippen molar-refractivity contribution >= 4 is 11.6 Å². The number of rotatable bonds is 5. The summed E-state index contributed by atoms with van der Waals surface area (Å²) in [7, 11) is 1.58. The highest BCUT2D eigenvalue weighted by molar-refractivity contribution is 6.07. The molecule has 5 heteroatoms. The van der Waals surface area contributed by atoms with Crippen molar-refractivity contribution in [2.75, 3.05) is 7.11 Å². The molecule has 1 N–H and O–H groups in total. The van der Waals surface area contributed by atoms with Crippen molar-refractivity contribution in [1.82, 2.24) is 0 Å². The Bertz CT molecular complexity index is 654. The SMILES string of the molecule is COc1ccc(CO[C@@]2(C)C=C(C(C)=O)C(O)=CC2=O)cc1. The molecule has 0 saturated carbocycles. The molecule has 0 heterocycles. The van der Waals surface area contributed by atoms with Gasteiger partial charge in [0, 0.05) is 6.08 Å². The molecule has 1 atom stereocenters. The van der Waals surface area contributed by atoms with Crippen molar-refractivity contribution in [2.45, 2.75) is 26.1 Å². The minimum atomic E-state index is -1.27. The first-order valence-electron chi connectivity index (χ1n) is 6.82. The first-order chi connectivity index (χ1) is 10.4. The second-order valence-electron chi connectivity index (χ2n) is 5.25. The molecular weight excluding hydrogens is 284 g/mol. The summed E-state index contributed by atoms with van der Waals surface area (Å²) in [6.45, 7) is 3.10. The van der Waals surface area contributed by atoms with Crippen LogP contribution in [0.5, 0.6) is 5.75 Å². The van der Waals surface area contributed by atoms with E-state index in [9.17, 15) is 14.7 Å². The van der Waals surface area contributed by atoms with Gasteiger partial charge in [0.2, 0.25) is 0 Å². The number of allylic oxidation sites excluding steroid dienone is 1. The normalized spacial score (nSPS) is 21.1. The van der Waals surface area contributed by atoms with Gasteiger partial charge in [-0.1, -0.05) is 12.1 Å². The summed E-state index contributed by atoms with van der Waals surface area (Å²) in [6, 6.07) is 7.26. The molecule has 0 radical (unpaired) electrons. The second kappa shape index (κ2) is 6.15. The van der Waals surface area contributed by atoms with Crippen molar-refractivity contribution in [3.63, 3.8) is 0 Å². The molecule has 1 aromatic carbocycles. The molecule has 0 unspecified atom stereocenters. The average molecular weight is 302 g/mol. The van der Waals surface area contributed by atoms with E-state index in [1.807, 2.05) is 12.1 Å². The number of ether oxygens (including phenoxy) is 2. The van der Waals surface area contributed by atoms with Crippen LogP contribution in [0.1, 0.15) is 19.4 Å². The number of aliphatic hydroxyl groups excluding tert-OH is 1. The molecule has 5 nitrogen and oxygen atoms in total. The molecule has 1 aliphatic rings.